The van der Waals surface area contributed by atoms with Crippen molar-refractivity contribution in [2.24, 2.45) is 11.1 Å². The van der Waals surface area contributed by atoms with Gasteiger partial charge in [0.25, 0.3) is 0 Å². The number of rotatable bonds is 2. The van der Waals surface area contributed by atoms with Crippen molar-refractivity contribution >= 4 is 11.6 Å². The molecule has 1 amide bonds. The predicted octanol–water partition coefficient (Wildman–Crippen LogP) is 2.28. The van der Waals surface area contributed by atoms with Gasteiger partial charge in [-0.15, -0.1) is 0 Å². The van der Waals surface area contributed by atoms with Crippen LogP contribution in [-0.2, 0) is 4.79 Å². The minimum absolute atomic E-state index is 0.115. The van der Waals surface area contributed by atoms with Gasteiger partial charge in [-0.05, 0) is 38.0 Å². The third kappa shape index (κ3) is 2.31. The van der Waals surface area contributed by atoms with E-state index in [1.807, 2.05) is 6.92 Å². The number of benzene rings is 1. The van der Waals surface area contributed by atoms with E-state index in [0.717, 1.165) is 19.3 Å². The van der Waals surface area contributed by atoms with Crippen LogP contribution in [0.3, 0.4) is 0 Å². The second-order valence-electron chi connectivity index (χ2n) is 4.88. The molecule has 0 radical (unpaired) electrons. The average molecular weight is 236 g/mol. The molecule has 17 heavy (non-hydrogen) atoms. The lowest BCUT2D eigenvalue weighted by Gasteiger charge is -2.27. The molecule has 0 bridgehead atoms. The molecule has 1 fully saturated rings. The van der Waals surface area contributed by atoms with E-state index in [-0.39, 0.29) is 17.8 Å². The van der Waals surface area contributed by atoms with Crippen molar-refractivity contribution in [1.82, 2.24) is 0 Å². The van der Waals surface area contributed by atoms with Gasteiger partial charge in [0.05, 0.1) is 5.41 Å². The molecule has 1 aliphatic carbocycles. The van der Waals surface area contributed by atoms with Crippen LogP contribution in [-0.4, -0.2) is 11.9 Å². The van der Waals surface area contributed by atoms with Crippen LogP contribution in [0.25, 0.3) is 0 Å². The Morgan fingerprint density at radius 2 is 2.35 bits per heavy atom. The monoisotopic (exact) mass is 236 g/mol. The van der Waals surface area contributed by atoms with Crippen LogP contribution < -0.4 is 11.1 Å². The topological polar surface area (TPSA) is 55.1 Å². The first-order chi connectivity index (χ1) is 8.02. The molecule has 4 heteroatoms. The van der Waals surface area contributed by atoms with Crippen LogP contribution in [0.4, 0.5) is 10.1 Å². The lowest BCUT2D eigenvalue weighted by Crippen LogP contribution is -2.44. The zero-order valence-corrected chi connectivity index (χ0v) is 9.87. The van der Waals surface area contributed by atoms with Crippen molar-refractivity contribution in [2.45, 2.75) is 32.2 Å². The van der Waals surface area contributed by atoms with Gasteiger partial charge in [-0.3, -0.25) is 4.79 Å². The summed E-state index contributed by atoms with van der Waals surface area (Å²) in [5.41, 5.74) is 5.91. The van der Waals surface area contributed by atoms with Crippen LogP contribution in [0.2, 0.25) is 0 Å². The van der Waals surface area contributed by atoms with Gasteiger partial charge >= 0.3 is 0 Å². The standard InChI is InChI=1S/C13H17FN2O/c1-13(7-3-6-11(13)15)12(17)16-10-5-2-4-9(14)8-10/h2,4-5,8,11H,3,6-7,15H2,1H3,(H,16,17). The molecule has 0 spiro atoms. The first-order valence-electron chi connectivity index (χ1n) is 5.85. The molecule has 1 aromatic carbocycles. The minimum Gasteiger partial charge on any atom is -0.327 e. The number of carbonyl (C=O) groups is 1. The van der Waals surface area contributed by atoms with E-state index >= 15 is 0 Å². The highest BCUT2D eigenvalue weighted by Gasteiger charge is 2.42. The number of hydrogen-bond acceptors (Lipinski definition) is 2. The van der Waals surface area contributed by atoms with Crippen LogP contribution in [0.1, 0.15) is 26.2 Å². The van der Waals surface area contributed by atoms with Crippen molar-refractivity contribution < 1.29 is 9.18 Å². The molecule has 1 aromatic rings. The highest BCUT2D eigenvalue weighted by molar-refractivity contribution is 5.95. The normalized spacial score (nSPS) is 28.1. The number of carbonyl (C=O) groups excluding carboxylic acids is 1. The lowest BCUT2D eigenvalue weighted by atomic mass is 9.84. The fourth-order valence-electron chi connectivity index (χ4n) is 2.32. The third-order valence-corrected chi connectivity index (χ3v) is 3.63. The molecule has 1 aliphatic rings. The lowest BCUT2D eigenvalue weighted by molar-refractivity contribution is -0.125. The van der Waals surface area contributed by atoms with E-state index < -0.39 is 5.41 Å². The van der Waals surface area contributed by atoms with Crippen LogP contribution in [0, 0.1) is 11.2 Å². The van der Waals surface area contributed by atoms with Gasteiger partial charge in [-0.2, -0.15) is 0 Å². The molecule has 3 N–H and O–H groups in total. The molecular weight excluding hydrogens is 219 g/mol. The van der Waals surface area contributed by atoms with E-state index in [4.69, 9.17) is 5.73 Å². The largest absolute Gasteiger partial charge is 0.327 e. The number of hydrogen-bond donors (Lipinski definition) is 2. The number of nitrogens with one attached hydrogen (secondary N) is 1. The maximum atomic E-state index is 13.0. The quantitative estimate of drug-likeness (QED) is 0.827. The first kappa shape index (κ1) is 12.0. The first-order valence-corrected chi connectivity index (χ1v) is 5.85. The van der Waals surface area contributed by atoms with E-state index in [1.54, 1.807) is 12.1 Å². The Bertz CT molecular complexity index is 435. The van der Waals surface area contributed by atoms with Crippen molar-refractivity contribution in [3.8, 4) is 0 Å². The van der Waals surface area contributed by atoms with E-state index in [1.165, 1.54) is 12.1 Å². The van der Waals surface area contributed by atoms with Crippen LogP contribution >= 0.6 is 0 Å². The molecule has 0 aliphatic heterocycles. The summed E-state index contributed by atoms with van der Waals surface area (Å²) in [4.78, 5) is 12.1. The molecule has 2 rings (SSSR count). The summed E-state index contributed by atoms with van der Waals surface area (Å²) in [6.45, 7) is 1.87. The molecule has 1 saturated carbocycles. The molecular formula is C13H17FN2O. The summed E-state index contributed by atoms with van der Waals surface area (Å²) >= 11 is 0. The molecule has 3 nitrogen and oxygen atoms in total. The Hall–Kier alpha value is -1.42. The fourth-order valence-corrected chi connectivity index (χ4v) is 2.32. The van der Waals surface area contributed by atoms with Gasteiger partial charge in [-0.25, -0.2) is 4.39 Å². The van der Waals surface area contributed by atoms with E-state index in [9.17, 15) is 9.18 Å². The van der Waals surface area contributed by atoms with Gasteiger partial charge in [0.15, 0.2) is 0 Å². The third-order valence-electron chi connectivity index (χ3n) is 3.63. The minimum atomic E-state index is -0.535. The maximum absolute atomic E-state index is 13.0. The molecule has 0 saturated heterocycles. The Morgan fingerprint density at radius 1 is 1.59 bits per heavy atom. The summed E-state index contributed by atoms with van der Waals surface area (Å²) in [5, 5.41) is 2.74. The summed E-state index contributed by atoms with van der Waals surface area (Å²) in [6, 6.07) is 5.78. The van der Waals surface area contributed by atoms with Gasteiger partial charge in [-0.1, -0.05) is 12.5 Å². The summed E-state index contributed by atoms with van der Waals surface area (Å²) in [5.74, 6) is -0.475. The smallest absolute Gasteiger partial charge is 0.231 e. The zero-order chi connectivity index (χ0) is 12.5. The number of anilines is 1. The Morgan fingerprint density at radius 3 is 2.94 bits per heavy atom. The summed E-state index contributed by atoms with van der Waals surface area (Å²) in [7, 11) is 0. The van der Waals surface area contributed by atoms with Crippen LogP contribution in [0.5, 0.6) is 0 Å². The summed E-state index contributed by atoms with van der Waals surface area (Å²) < 4.78 is 13.0. The second kappa shape index (κ2) is 4.45. The SMILES string of the molecule is CC1(C(=O)Nc2cccc(F)c2)CCCC1N. The summed E-state index contributed by atoms with van der Waals surface area (Å²) in [6.07, 6.45) is 2.62. The molecule has 2 atom stereocenters. The molecule has 2 unspecified atom stereocenters. The predicted molar refractivity (Wildman–Crippen MR) is 65.0 cm³/mol. The molecule has 0 heterocycles. The van der Waals surface area contributed by atoms with Crippen molar-refractivity contribution in [2.75, 3.05) is 5.32 Å². The van der Waals surface area contributed by atoms with E-state index in [2.05, 4.69) is 5.32 Å². The van der Waals surface area contributed by atoms with Gasteiger partial charge < -0.3 is 11.1 Å². The maximum Gasteiger partial charge on any atom is 0.231 e. The Labute approximate surface area is 100 Å². The van der Waals surface area contributed by atoms with Crippen LogP contribution in [0.15, 0.2) is 24.3 Å². The number of amides is 1. The van der Waals surface area contributed by atoms with E-state index in [0.29, 0.717) is 5.69 Å². The fraction of sp³-hybridized carbons (Fsp3) is 0.462. The molecule has 0 aromatic heterocycles. The Balaban J connectivity index is 2.12. The van der Waals surface area contributed by atoms with Crippen molar-refractivity contribution in [3.05, 3.63) is 30.1 Å². The highest BCUT2D eigenvalue weighted by atomic mass is 19.1. The average Bonchev–Trinajstić information content (AvgIpc) is 2.60. The number of nitrogens with two attached hydrogens (primary N) is 1. The van der Waals surface area contributed by atoms with Gasteiger partial charge in [0.2, 0.25) is 5.91 Å². The zero-order valence-electron chi connectivity index (χ0n) is 9.87. The highest BCUT2D eigenvalue weighted by Crippen LogP contribution is 2.37. The number of halogens is 1. The second-order valence-corrected chi connectivity index (χ2v) is 4.88. The van der Waals surface area contributed by atoms with Crippen molar-refractivity contribution in [3.63, 3.8) is 0 Å². The molecule has 92 valence electrons. The van der Waals surface area contributed by atoms with Crippen molar-refractivity contribution in [1.29, 1.82) is 0 Å². The Kier molecular flexibility index (Phi) is 3.15. The van der Waals surface area contributed by atoms with Gasteiger partial charge in [0, 0.05) is 11.7 Å². The van der Waals surface area contributed by atoms with Gasteiger partial charge in [0.1, 0.15) is 5.82 Å².